The van der Waals surface area contributed by atoms with Crippen molar-refractivity contribution in [3.8, 4) is 0 Å². The molecule has 8 rings (SSSR count). The van der Waals surface area contributed by atoms with Crippen molar-refractivity contribution in [3.63, 3.8) is 0 Å². The molecule has 0 aromatic heterocycles. The normalized spacial score (nSPS) is 24.4. The third-order valence-corrected chi connectivity index (χ3v) is 23.2. The van der Waals surface area contributed by atoms with Gasteiger partial charge in [0.2, 0.25) is 0 Å². The fourth-order valence-corrected chi connectivity index (χ4v) is 22.1. The first-order chi connectivity index (χ1) is 23.9. The van der Waals surface area contributed by atoms with Gasteiger partial charge in [0.05, 0.1) is 34.0 Å². The molecule has 278 valence electrons. The van der Waals surface area contributed by atoms with Crippen LogP contribution in [0.5, 0.6) is 0 Å². The van der Waals surface area contributed by atoms with Gasteiger partial charge in [0.1, 0.15) is 0 Å². The first-order valence-electron chi connectivity index (χ1n) is 21.9. The summed E-state index contributed by atoms with van der Waals surface area (Å²) in [4.78, 5) is 0. The standard InChI is InChI=1S/2C18H33P.C10H7.Ni/c2*1-4-10-16(11-5-1)19(17-12-6-2-7-13-17)18-14-8-3-9-15-18;1-2-6-10-8-4-3-7-9(10)5-1;/h2*16-18H,1-15H2;1-3,5-8H;/q;;-1;/p+2. The van der Waals surface area contributed by atoms with Crippen molar-refractivity contribution in [1.29, 1.82) is 0 Å². The van der Waals surface area contributed by atoms with E-state index >= 15 is 0 Å². The van der Waals surface area contributed by atoms with Gasteiger partial charge in [-0.3, -0.25) is 0 Å². The number of benzene rings is 2. The van der Waals surface area contributed by atoms with Crippen LogP contribution in [0.4, 0.5) is 0 Å². The van der Waals surface area contributed by atoms with Gasteiger partial charge in [-0.2, -0.15) is 24.3 Å². The van der Waals surface area contributed by atoms with Gasteiger partial charge in [-0.05, 0) is 154 Å². The molecule has 0 aliphatic heterocycles. The molecule has 0 atom stereocenters. The Bertz CT molecular complexity index is 910. The van der Waals surface area contributed by atoms with Gasteiger partial charge in [-0.1, -0.05) is 56.7 Å². The Morgan fingerprint density at radius 1 is 0.347 bits per heavy atom. The average Bonchev–Trinajstić information content (AvgIpc) is 3.18. The summed E-state index contributed by atoms with van der Waals surface area (Å²) >= 11 is 0. The largest absolute Gasteiger partial charge is 0.183 e. The summed E-state index contributed by atoms with van der Waals surface area (Å²) in [5.74, 6) is 0. The first-order valence-corrected chi connectivity index (χ1v) is 25.4. The summed E-state index contributed by atoms with van der Waals surface area (Å²) in [5, 5.41) is 2.53. The average molecular weight is 749 g/mol. The molecule has 2 aromatic rings. The van der Waals surface area contributed by atoms with Gasteiger partial charge in [0.15, 0.2) is 0 Å². The first kappa shape index (κ1) is 40.2. The van der Waals surface area contributed by atoms with Crippen LogP contribution in [0.2, 0.25) is 0 Å². The SMILES string of the molecule is C1CCC([PH+](C2CCCCC2)C2CCCCC2)CC1.C1CCC([PH+](C2CCCCC2)C2CCCCC2)CC1.[Ni].[c-]1ccc2ccccc2c1. The molecule has 0 N–H and O–H groups in total. The Labute approximate surface area is 316 Å². The molecule has 6 saturated carbocycles. The molecule has 0 saturated heterocycles. The second-order valence-corrected chi connectivity index (χ2v) is 24.2. The predicted octanol–water partition coefficient (Wildman–Crippen LogP) is 15.0. The molecule has 0 bridgehead atoms. The number of hydrogen-bond acceptors (Lipinski definition) is 0. The van der Waals surface area contributed by atoms with E-state index in [0.717, 1.165) is 0 Å². The van der Waals surface area contributed by atoms with Crippen LogP contribution in [0, 0.1) is 6.07 Å². The number of rotatable bonds is 6. The van der Waals surface area contributed by atoms with E-state index in [-0.39, 0.29) is 32.3 Å². The zero-order valence-electron chi connectivity index (χ0n) is 31.5. The second-order valence-electron chi connectivity index (χ2n) is 17.3. The van der Waals surface area contributed by atoms with Gasteiger partial charge in [0, 0.05) is 32.3 Å². The van der Waals surface area contributed by atoms with E-state index in [9.17, 15) is 0 Å². The molecule has 0 nitrogen and oxygen atoms in total. The van der Waals surface area contributed by atoms with E-state index in [1.165, 1.54) is 44.7 Å². The van der Waals surface area contributed by atoms with E-state index in [1.807, 2.05) is 24.3 Å². The summed E-state index contributed by atoms with van der Waals surface area (Å²) < 4.78 is 0. The Kier molecular flexibility index (Phi) is 18.9. The van der Waals surface area contributed by atoms with Crippen LogP contribution in [0.25, 0.3) is 10.8 Å². The number of fused-ring (bicyclic) bond motifs is 1. The Morgan fingerprint density at radius 3 is 0.878 bits per heavy atom. The van der Waals surface area contributed by atoms with Crippen LogP contribution in [-0.2, 0) is 16.5 Å². The summed E-state index contributed by atoms with van der Waals surface area (Å²) in [6.07, 6.45) is 47.6. The zero-order valence-corrected chi connectivity index (χ0v) is 34.5. The smallest absolute Gasteiger partial charge is 0.0680 e. The van der Waals surface area contributed by atoms with Crippen LogP contribution in [0.15, 0.2) is 42.5 Å². The van der Waals surface area contributed by atoms with Gasteiger partial charge in [-0.15, -0.1) is 16.8 Å². The van der Waals surface area contributed by atoms with Crippen LogP contribution < -0.4 is 0 Å². The molecule has 0 amide bonds. The molecular formula is C46H75NiP2+. The predicted molar refractivity (Wildman–Crippen MR) is 221 cm³/mol. The third kappa shape index (κ3) is 12.6. The summed E-state index contributed by atoms with van der Waals surface area (Å²) in [6, 6.07) is 17.3. The monoisotopic (exact) mass is 747 g/mol. The topological polar surface area (TPSA) is 0 Å². The maximum atomic E-state index is 3.04. The van der Waals surface area contributed by atoms with E-state index in [0.29, 0.717) is 0 Å². The molecule has 49 heavy (non-hydrogen) atoms. The zero-order chi connectivity index (χ0) is 32.6. The molecule has 6 aliphatic carbocycles. The van der Waals surface area contributed by atoms with Crippen molar-refractivity contribution in [3.05, 3.63) is 48.5 Å². The Morgan fingerprint density at radius 2 is 0.612 bits per heavy atom. The summed E-state index contributed by atoms with van der Waals surface area (Å²) in [6.45, 7) is 0. The maximum absolute atomic E-state index is 3.04. The molecule has 6 fully saturated rings. The van der Waals surface area contributed by atoms with E-state index in [2.05, 4.69) is 24.3 Å². The van der Waals surface area contributed by atoms with Crippen molar-refractivity contribution in [2.75, 3.05) is 0 Å². The minimum absolute atomic E-state index is 0. The molecule has 2 aromatic carbocycles. The minimum atomic E-state index is -0.0465. The van der Waals surface area contributed by atoms with Gasteiger partial charge >= 0.3 is 0 Å². The van der Waals surface area contributed by atoms with Crippen LogP contribution in [0.3, 0.4) is 0 Å². The fraction of sp³-hybridized carbons (Fsp3) is 0.783. The summed E-state index contributed by atoms with van der Waals surface area (Å²) in [7, 11) is -0.0930. The molecule has 0 spiro atoms. The van der Waals surface area contributed by atoms with Crippen molar-refractivity contribution in [2.45, 2.75) is 227 Å². The van der Waals surface area contributed by atoms with Crippen molar-refractivity contribution >= 4 is 26.6 Å². The van der Waals surface area contributed by atoms with Gasteiger partial charge in [-0.25, -0.2) is 0 Å². The molecule has 0 unspecified atom stereocenters. The van der Waals surface area contributed by atoms with Crippen molar-refractivity contribution < 1.29 is 16.5 Å². The van der Waals surface area contributed by atoms with Gasteiger partial charge < -0.3 is 0 Å². The van der Waals surface area contributed by atoms with Gasteiger partial charge in [0.25, 0.3) is 0 Å². The maximum Gasteiger partial charge on any atom is 0.0680 e. The second kappa shape index (κ2) is 23.0. The van der Waals surface area contributed by atoms with Crippen LogP contribution in [0.1, 0.15) is 193 Å². The quantitative estimate of drug-likeness (QED) is 0.157. The van der Waals surface area contributed by atoms with Crippen LogP contribution in [-0.4, -0.2) is 34.0 Å². The van der Waals surface area contributed by atoms with Crippen molar-refractivity contribution in [1.82, 2.24) is 0 Å². The molecule has 0 radical (unpaired) electrons. The molecule has 3 heteroatoms. The van der Waals surface area contributed by atoms with Crippen LogP contribution >= 0.6 is 15.8 Å². The van der Waals surface area contributed by atoms with E-state index < -0.39 is 0 Å². The molecular weight excluding hydrogens is 673 g/mol. The molecule has 6 aliphatic rings. The fourth-order valence-electron chi connectivity index (χ4n) is 11.7. The molecule has 0 heterocycles. The van der Waals surface area contributed by atoms with E-state index in [1.54, 1.807) is 193 Å². The minimum Gasteiger partial charge on any atom is -0.183 e. The number of hydrogen-bond donors (Lipinski definition) is 0. The van der Waals surface area contributed by atoms with Crippen molar-refractivity contribution in [2.24, 2.45) is 0 Å². The summed E-state index contributed by atoms with van der Waals surface area (Å²) in [5.41, 5.74) is 7.36. The third-order valence-electron chi connectivity index (χ3n) is 14.1. The Hall–Kier alpha value is 0.0535. The Balaban J connectivity index is 0.000000149. The van der Waals surface area contributed by atoms with E-state index in [4.69, 9.17) is 0 Å².